The molecule has 2 heterocycles. The fraction of sp³-hybridized carbons (Fsp3) is 0.0370. The van der Waals surface area contributed by atoms with E-state index in [1.54, 1.807) is 0 Å². The Morgan fingerprint density at radius 3 is 1.58 bits per heavy atom. The van der Waals surface area contributed by atoms with Crippen molar-refractivity contribution in [3.63, 3.8) is 0 Å². The van der Waals surface area contributed by atoms with E-state index in [0.29, 0.717) is 17.0 Å². The van der Waals surface area contributed by atoms with Gasteiger partial charge >= 0.3 is 10.2 Å². The quantitative estimate of drug-likeness (QED) is 0.358. The average Bonchev–Trinajstić information content (AvgIpc) is 3.34. The molecule has 0 atom stereocenters. The van der Waals surface area contributed by atoms with Crippen LogP contribution >= 0.6 is 0 Å². The van der Waals surface area contributed by atoms with Crippen molar-refractivity contribution in [2.45, 2.75) is 6.92 Å². The molecule has 1 aliphatic rings. The van der Waals surface area contributed by atoms with Gasteiger partial charge in [0.1, 0.15) is 11.4 Å². The highest BCUT2D eigenvalue weighted by atomic mass is 32.2. The lowest BCUT2D eigenvalue weighted by Crippen LogP contribution is -2.14. The average molecular weight is 450 g/mol. The van der Waals surface area contributed by atoms with Crippen molar-refractivity contribution in [2.24, 2.45) is 8.80 Å². The number of aromatic nitrogens is 1. The fourth-order valence-corrected chi connectivity index (χ4v) is 5.28. The van der Waals surface area contributed by atoms with Crippen LogP contribution in [-0.2, 0) is 10.2 Å². The highest BCUT2D eigenvalue weighted by Crippen LogP contribution is 2.32. The van der Waals surface area contributed by atoms with Crippen molar-refractivity contribution < 1.29 is 8.42 Å². The zero-order chi connectivity index (χ0) is 22.6. The van der Waals surface area contributed by atoms with E-state index in [9.17, 15) is 8.42 Å². The normalized spacial score (nSPS) is 15.1. The molecule has 0 unspecified atom stereocenters. The van der Waals surface area contributed by atoms with Crippen molar-refractivity contribution in [1.82, 2.24) is 4.57 Å². The molecular weight excluding hydrogens is 430 g/mol. The summed E-state index contributed by atoms with van der Waals surface area (Å²) in [6.45, 7) is 1.99. The number of benzene rings is 4. The van der Waals surface area contributed by atoms with E-state index in [-0.39, 0.29) is 0 Å². The van der Waals surface area contributed by atoms with E-state index in [1.807, 2.05) is 79.7 Å². The van der Waals surface area contributed by atoms with E-state index in [2.05, 4.69) is 37.6 Å². The van der Waals surface area contributed by atoms with Gasteiger partial charge in [-0.2, -0.15) is 8.42 Å². The molecule has 0 saturated heterocycles. The first-order valence-corrected chi connectivity index (χ1v) is 12.0. The molecule has 0 fully saturated rings. The Balaban J connectivity index is 1.47. The van der Waals surface area contributed by atoms with Crippen LogP contribution in [0.4, 0.5) is 0 Å². The minimum atomic E-state index is -3.89. The van der Waals surface area contributed by atoms with Gasteiger partial charge in [0.25, 0.3) is 0 Å². The van der Waals surface area contributed by atoms with Crippen LogP contribution in [0, 0.1) is 6.92 Å². The smallest absolute Gasteiger partial charge is 0.309 e. The summed E-state index contributed by atoms with van der Waals surface area (Å²) in [5.74, 6) is 0. The minimum absolute atomic E-state index is 0.368. The Labute approximate surface area is 191 Å². The van der Waals surface area contributed by atoms with Gasteiger partial charge in [-0.05, 0) is 31.2 Å². The predicted molar refractivity (Wildman–Crippen MR) is 134 cm³/mol. The molecule has 0 radical (unpaired) electrons. The third-order valence-electron chi connectivity index (χ3n) is 5.94. The maximum atomic E-state index is 12.2. The Bertz CT molecular complexity index is 1660. The Hall–Kier alpha value is -4.03. The molecule has 5 nitrogen and oxygen atoms in total. The molecule has 0 N–H and O–H groups in total. The molecule has 6 heteroatoms. The largest absolute Gasteiger partial charge is 0.364 e. The highest BCUT2D eigenvalue weighted by molar-refractivity contribution is 7.89. The molecule has 1 aliphatic heterocycles. The van der Waals surface area contributed by atoms with Crippen LogP contribution in [0.1, 0.15) is 16.7 Å². The van der Waals surface area contributed by atoms with Gasteiger partial charge in [0.2, 0.25) is 0 Å². The van der Waals surface area contributed by atoms with Crippen molar-refractivity contribution in [1.29, 1.82) is 0 Å². The highest BCUT2D eigenvalue weighted by Gasteiger charge is 2.26. The summed E-state index contributed by atoms with van der Waals surface area (Å²) in [6, 6.07) is 32.1. The van der Waals surface area contributed by atoms with Crippen LogP contribution in [0.25, 0.3) is 27.5 Å². The minimum Gasteiger partial charge on any atom is -0.309 e. The second-order valence-electron chi connectivity index (χ2n) is 8.11. The van der Waals surface area contributed by atoms with Crippen molar-refractivity contribution >= 4 is 43.4 Å². The lowest BCUT2D eigenvalue weighted by molar-refractivity contribution is 0.601. The van der Waals surface area contributed by atoms with E-state index in [1.165, 1.54) is 10.8 Å². The van der Waals surface area contributed by atoms with Gasteiger partial charge < -0.3 is 4.57 Å². The molecule has 160 valence electrons. The SMILES string of the molecule is Cc1ccc(C2=NS(=O)(=O)N=C2c2ccc(-n3c4ccccc4c4ccccc43)cc2)cc1. The molecule has 0 bridgehead atoms. The summed E-state index contributed by atoms with van der Waals surface area (Å²) in [7, 11) is -3.89. The molecule has 5 aromatic rings. The lowest BCUT2D eigenvalue weighted by Gasteiger charge is -2.10. The predicted octanol–water partition coefficient (Wildman–Crippen LogP) is 5.63. The first kappa shape index (κ1) is 19.6. The third-order valence-corrected chi connectivity index (χ3v) is 6.77. The van der Waals surface area contributed by atoms with Gasteiger partial charge in [0, 0.05) is 27.6 Å². The Morgan fingerprint density at radius 2 is 1.06 bits per heavy atom. The first-order valence-electron chi connectivity index (χ1n) is 10.6. The van der Waals surface area contributed by atoms with E-state index < -0.39 is 10.2 Å². The molecule has 6 rings (SSSR count). The monoisotopic (exact) mass is 449 g/mol. The molecule has 4 aromatic carbocycles. The van der Waals surface area contributed by atoms with Crippen LogP contribution < -0.4 is 0 Å². The summed E-state index contributed by atoms with van der Waals surface area (Å²) < 4.78 is 34.5. The number of hydrogen-bond donors (Lipinski definition) is 0. The van der Waals surface area contributed by atoms with E-state index in [0.717, 1.165) is 27.8 Å². The second kappa shape index (κ2) is 7.25. The summed E-state index contributed by atoms with van der Waals surface area (Å²) in [6.07, 6.45) is 0. The third kappa shape index (κ3) is 3.27. The van der Waals surface area contributed by atoms with Gasteiger partial charge in [0.05, 0.1) is 11.0 Å². The summed E-state index contributed by atoms with van der Waals surface area (Å²) in [5, 5.41) is 2.38. The molecule has 33 heavy (non-hydrogen) atoms. The lowest BCUT2D eigenvalue weighted by atomic mass is 9.99. The zero-order valence-electron chi connectivity index (χ0n) is 17.8. The molecule has 0 saturated carbocycles. The van der Waals surface area contributed by atoms with E-state index in [4.69, 9.17) is 0 Å². The topological polar surface area (TPSA) is 63.8 Å². The number of hydrogen-bond acceptors (Lipinski definition) is 2. The molecule has 0 amide bonds. The van der Waals surface area contributed by atoms with Crippen molar-refractivity contribution in [2.75, 3.05) is 0 Å². The molecule has 0 spiro atoms. The number of rotatable bonds is 3. The maximum absolute atomic E-state index is 12.2. The standard InChI is InChI=1S/C27H19N3O2S/c1-18-10-12-19(13-11-18)26-27(29-33(31,32)28-26)20-14-16-21(17-15-20)30-24-8-4-2-6-22(24)23-7-3-5-9-25(23)30/h2-17H,1H3. The van der Waals surface area contributed by atoms with Crippen LogP contribution in [0.5, 0.6) is 0 Å². The van der Waals surface area contributed by atoms with Crippen molar-refractivity contribution in [3.8, 4) is 5.69 Å². The summed E-state index contributed by atoms with van der Waals surface area (Å²) in [5.41, 5.74) is 6.50. The molecular formula is C27H19N3O2S. The van der Waals surface area contributed by atoms with Gasteiger partial charge in [-0.25, -0.2) is 0 Å². The Morgan fingerprint density at radius 1 is 0.606 bits per heavy atom. The summed E-state index contributed by atoms with van der Waals surface area (Å²) >= 11 is 0. The first-order chi connectivity index (χ1) is 16.0. The van der Waals surface area contributed by atoms with Crippen LogP contribution in [0.15, 0.2) is 106 Å². The molecule has 0 aliphatic carbocycles. The van der Waals surface area contributed by atoms with Crippen molar-refractivity contribution in [3.05, 3.63) is 114 Å². The van der Waals surface area contributed by atoms with E-state index >= 15 is 0 Å². The Kier molecular flexibility index (Phi) is 4.32. The number of fused-ring (bicyclic) bond motifs is 3. The van der Waals surface area contributed by atoms with Gasteiger partial charge in [-0.3, -0.25) is 0 Å². The fourth-order valence-electron chi connectivity index (χ4n) is 4.40. The molecule has 1 aromatic heterocycles. The second-order valence-corrected chi connectivity index (χ2v) is 9.37. The number of aryl methyl sites for hydroxylation is 1. The number of para-hydroxylation sites is 2. The van der Waals surface area contributed by atoms with Crippen LogP contribution in [0.2, 0.25) is 0 Å². The van der Waals surface area contributed by atoms with Crippen LogP contribution in [0.3, 0.4) is 0 Å². The van der Waals surface area contributed by atoms with Gasteiger partial charge in [-0.15, -0.1) is 8.80 Å². The van der Waals surface area contributed by atoms with Gasteiger partial charge in [-0.1, -0.05) is 78.4 Å². The summed E-state index contributed by atoms with van der Waals surface area (Å²) in [4.78, 5) is 0. The van der Waals surface area contributed by atoms with Gasteiger partial charge in [0.15, 0.2) is 0 Å². The maximum Gasteiger partial charge on any atom is 0.364 e. The zero-order valence-corrected chi connectivity index (χ0v) is 18.6. The number of nitrogens with zero attached hydrogens (tertiary/aromatic N) is 3. The van der Waals surface area contributed by atoms with Crippen LogP contribution in [-0.4, -0.2) is 24.4 Å².